The maximum absolute atomic E-state index is 13.6. The minimum Gasteiger partial charge on any atom is -0.310 e. The van der Waals surface area contributed by atoms with E-state index in [9.17, 15) is 4.39 Å². The van der Waals surface area contributed by atoms with Gasteiger partial charge in [0.25, 0.3) is 0 Å². The molecule has 4 heteroatoms. The molecule has 0 bridgehead atoms. The maximum atomic E-state index is 13.6. The summed E-state index contributed by atoms with van der Waals surface area (Å²) in [7, 11) is 0. The average Bonchev–Trinajstić information content (AvgIpc) is 2.95. The number of halogens is 2. The molecular formula is C16H19ClFNS. The van der Waals surface area contributed by atoms with E-state index in [1.165, 1.54) is 4.88 Å². The zero-order valence-electron chi connectivity index (χ0n) is 11.5. The van der Waals surface area contributed by atoms with Crippen LogP contribution >= 0.6 is 22.9 Å². The van der Waals surface area contributed by atoms with Gasteiger partial charge >= 0.3 is 0 Å². The number of aryl methyl sites for hydroxylation is 1. The van der Waals surface area contributed by atoms with Crippen molar-refractivity contribution < 1.29 is 4.39 Å². The lowest BCUT2D eigenvalue weighted by atomic mass is 10.0. The summed E-state index contributed by atoms with van der Waals surface area (Å²) in [5, 5.41) is 5.76. The Kier molecular flexibility index (Phi) is 6.02. The van der Waals surface area contributed by atoms with Crippen LogP contribution < -0.4 is 5.32 Å². The third-order valence-corrected chi connectivity index (χ3v) is 4.49. The van der Waals surface area contributed by atoms with Crippen LogP contribution in [0.4, 0.5) is 4.39 Å². The van der Waals surface area contributed by atoms with Gasteiger partial charge in [-0.2, -0.15) is 0 Å². The van der Waals surface area contributed by atoms with E-state index in [-0.39, 0.29) is 16.9 Å². The molecule has 20 heavy (non-hydrogen) atoms. The molecule has 0 radical (unpaired) electrons. The van der Waals surface area contributed by atoms with E-state index in [0.29, 0.717) is 0 Å². The average molecular weight is 312 g/mol. The van der Waals surface area contributed by atoms with E-state index >= 15 is 0 Å². The first-order valence-electron chi connectivity index (χ1n) is 6.91. The van der Waals surface area contributed by atoms with Crippen molar-refractivity contribution in [2.45, 2.75) is 32.2 Å². The van der Waals surface area contributed by atoms with Crippen molar-refractivity contribution in [3.8, 4) is 0 Å². The van der Waals surface area contributed by atoms with Crippen molar-refractivity contribution in [2.75, 3.05) is 6.54 Å². The zero-order chi connectivity index (χ0) is 14.4. The zero-order valence-corrected chi connectivity index (χ0v) is 13.1. The number of benzene rings is 1. The molecule has 1 heterocycles. The molecule has 1 N–H and O–H groups in total. The van der Waals surface area contributed by atoms with Crippen molar-refractivity contribution in [1.82, 2.24) is 5.32 Å². The van der Waals surface area contributed by atoms with Crippen molar-refractivity contribution in [2.24, 2.45) is 0 Å². The SMILES string of the molecule is CCCNC(CCc1cccs1)c1ccc(Cl)c(F)c1. The molecule has 1 unspecified atom stereocenters. The Bertz CT molecular complexity index is 527. The van der Waals surface area contributed by atoms with E-state index in [1.54, 1.807) is 23.5 Å². The molecule has 2 rings (SSSR count). The van der Waals surface area contributed by atoms with Gasteiger partial charge in [0, 0.05) is 10.9 Å². The Hall–Kier alpha value is -0.900. The smallest absolute Gasteiger partial charge is 0.142 e. The summed E-state index contributed by atoms with van der Waals surface area (Å²) in [5.74, 6) is -0.344. The van der Waals surface area contributed by atoms with Crippen LogP contribution in [0.3, 0.4) is 0 Å². The minimum atomic E-state index is -0.344. The molecule has 0 saturated carbocycles. The van der Waals surface area contributed by atoms with Crippen LogP contribution in [0.5, 0.6) is 0 Å². The topological polar surface area (TPSA) is 12.0 Å². The fourth-order valence-corrected chi connectivity index (χ4v) is 3.02. The molecule has 1 aromatic carbocycles. The minimum absolute atomic E-state index is 0.170. The second-order valence-electron chi connectivity index (χ2n) is 4.80. The first kappa shape index (κ1) is 15.5. The molecule has 0 aliphatic carbocycles. The van der Waals surface area contributed by atoms with Crippen LogP contribution in [0.15, 0.2) is 35.7 Å². The van der Waals surface area contributed by atoms with Gasteiger partial charge in [-0.25, -0.2) is 4.39 Å². The van der Waals surface area contributed by atoms with Gasteiger partial charge in [0.2, 0.25) is 0 Å². The summed E-state index contributed by atoms with van der Waals surface area (Å²) >= 11 is 7.52. The molecule has 0 aliphatic rings. The molecule has 108 valence electrons. The molecule has 0 saturated heterocycles. The van der Waals surface area contributed by atoms with Crippen molar-refractivity contribution in [3.05, 3.63) is 57.0 Å². The summed E-state index contributed by atoms with van der Waals surface area (Å²) in [4.78, 5) is 1.36. The van der Waals surface area contributed by atoms with E-state index in [0.717, 1.165) is 31.4 Å². The summed E-state index contributed by atoms with van der Waals surface area (Å²) in [6.07, 6.45) is 3.02. The largest absolute Gasteiger partial charge is 0.310 e. The summed E-state index contributed by atoms with van der Waals surface area (Å²) in [6, 6.07) is 9.47. The van der Waals surface area contributed by atoms with E-state index in [4.69, 9.17) is 11.6 Å². The standard InChI is InChI=1S/C16H19ClFNS/c1-2-9-19-16(8-6-13-4-3-10-20-13)12-5-7-14(17)15(18)11-12/h3-5,7,10-11,16,19H,2,6,8-9H2,1H3. The molecule has 0 aliphatic heterocycles. The monoisotopic (exact) mass is 311 g/mol. The molecule has 0 fully saturated rings. The number of hydrogen-bond acceptors (Lipinski definition) is 2. The number of thiophene rings is 1. The molecule has 0 spiro atoms. The second-order valence-corrected chi connectivity index (χ2v) is 6.24. The van der Waals surface area contributed by atoms with Gasteiger partial charge < -0.3 is 5.32 Å². The highest BCUT2D eigenvalue weighted by Crippen LogP contribution is 2.24. The van der Waals surface area contributed by atoms with Crippen LogP contribution in [0, 0.1) is 5.82 Å². The fourth-order valence-electron chi connectivity index (χ4n) is 2.18. The molecule has 1 aromatic heterocycles. The molecule has 0 amide bonds. The van der Waals surface area contributed by atoms with Crippen LogP contribution in [0.2, 0.25) is 5.02 Å². The lowest BCUT2D eigenvalue weighted by Gasteiger charge is -2.19. The molecular weight excluding hydrogens is 293 g/mol. The Morgan fingerprint density at radius 2 is 2.20 bits per heavy atom. The van der Waals surface area contributed by atoms with Crippen LogP contribution in [-0.2, 0) is 6.42 Å². The number of nitrogens with one attached hydrogen (secondary N) is 1. The van der Waals surface area contributed by atoms with Crippen LogP contribution in [0.25, 0.3) is 0 Å². The molecule has 2 aromatic rings. The van der Waals surface area contributed by atoms with Crippen LogP contribution in [0.1, 0.15) is 36.2 Å². The van der Waals surface area contributed by atoms with Gasteiger partial charge in [0.15, 0.2) is 0 Å². The number of hydrogen-bond donors (Lipinski definition) is 1. The van der Waals surface area contributed by atoms with Crippen molar-refractivity contribution in [1.29, 1.82) is 0 Å². The van der Waals surface area contributed by atoms with Crippen LogP contribution in [-0.4, -0.2) is 6.54 Å². The fraction of sp³-hybridized carbons (Fsp3) is 0.375. The summed E-state index contributed by atoms with van der Waals surface area (Å²) in [5.41, 5.74) is 0.969. The first-order chi connectivity index (χ1) is 9.70. The second kappa shape index (κ2) is 7.77. The maximum Gasteiger partial charge on any atom is 0.142 e. The molecule has 1 nitrogen and oxygen atoms in total. The lowest BCUT2D eigenvalue weighted by Crippen LogP contribution is -2.22. The Labute approximate surface area is 128 Å². The highest BCUT2D eigenvalue weighted by molar-refractivity contribution is 7.09. The number of rotatable bonds is 7. The highest BCUT2D eigenvalue weighted by Gasteiger charge is 2.13. The first-order valence-corrected chi connectivity index (χ1v) is 8.17. The lowest BCUT2D eigenvalue weighted by molar-refractivity contribution is 0.497. The Morgan fingerprint density at radius 1 is 1.35 bits per heavy atom. The van der Waals surface area contributed by atoms with Gasteiger partial charge in [-0.1, -0.05) is 30.7 Å². The third-order valence-electron chi connectivity index (χ3n) is 3.25. The summed E-state index contributed by atoms with van der Waals surface area (Å²) in [6.45, 7) is 3.06. The Balaban J connectivity index is 2.07. The van der Waals surface area contributed by atoms with E-state index in [2.05, 4.69) is 29.8 Å². The predicted octanol–water partition coefficient (Wildman–Crippen LogP) is 5.21. The van der Waals surface area contributed by atoms with Gasteiger partial charge in [-0.05, 0) is 54.9 Å². The van der Waals surface area contributed by atoms with E-state index in [1.807, 2.05) is 6.07 Å². The highest BCUT2D eigenvalue weighted by atomic mass is 35.5. The third kappa shape index (κ3) is 4.30. The predicted molar refractivity (Wildman–Crippen MR) is 85.1 cm³/mol. The quantitative estimate of drug-likeness (QED) is 0.739. The van der Waals surface area contributed by atoms with Crippen molar-refractivity contribution in [3.63, 3.8) is 0 Å². The summed E-state index contributed by atoms with van der Waals surface area (Å²) < 4.78 is 13.6. The normalized spacial score (nSPS) is 12.6. The van der Waals surface area contributed by atoms with Gasteiger partial charge in [-0.3, -0.25) is 0 Å². The van der Waals surface area contributed by atoms with Crippen molar-refractivity contribution >= 4 is 22.9 Å². The van der Waals surface area contributed by atoms with Gasteiger partial charge in [0.1, 0.15) is 5.82 Å². The van der Waals surface area contributed by atoms with Gasteiger partial charge in [-0.15, -0.1) is 11.3 Å². The van der Waals surface area contributed by atoms with Gasteiger partial charge in [0.05, 0.1) is 5.02 Å². The molecule has 1 atom stereocenters. The van der Waals surface area contributed by atoms with E-state index < -0.39 is 0 Å². The Morgan fingerprint density at radius 3 is 2.85 bits per heavy atom.